The van der Waals surface area contributed by atoms with E-state index in [0.717, 1.165) is 60.2 Å². The molecule has 1 aliphatic rings. The van der Waals surface area contributed by atoms with Crippen LogP contribution in [0.15, 0.2) is 67.0 Å². The van der Waals surface area contributed by atoms with Crippen molar-refractivity contribution in [2.75, 3.05) is 38.1 Å². The van der Waals surface area contributed by atoms with Crippen molar-refractivity contribution in [1.29, 1.82) is 0 Å². The Hall–Kier alpha value is -3.25. The molecule has 5 rings (SSSR count). The van der Waals surface area contributed by atoms with Gasteiger partial charge in [0, 0.05) is 49.7 Å². The highest BCUT2D eigenvalue weighted by atomic mass is 15.4. The van der Waals surface area contributed by atoms with Crippen molar-refractivity contribution in [3.63, 3.8) is 0 Å². The molecule has 6 heteroatoms. The van der Waals surface area contributed by atoms with Crippen LogP contribution in [-0.2, 0) is 0 Å². The molecule has 6 nitrogen and oxygen atoms in total. The predicted octanol–water partition coefficient (Wildman–Crippen LogP) is 3.21. The molecule has 1 aromatic carbocycles. The second-order valence-corrected chi connectivity index (χ2v) is 7.16. The third-order valence-corrected chi connectivity index (χ3v) is 5.29. The van der Waals surface area contributed by atoms with E-state index < -0.39 is 0 Å². The molecule has 3 aromatic heterocycles. The quantitative estimate of drug-likeness (QED) is 0.554. The summed E-state index contributed by atoms with van der Waals surface area (Å²) in [6.45, 7) is 4.08. The van der Waals surface area contributed by atoms with Crippen LogP contribution in [0.25, 0.3) is 28.2 Å². The van der Waals surface area contributed by atoms with Gasteiger partial charge in [-0.2, -0.15) is 0 Å². The normalized spacial score (nSPS) is 15.2. The Bertz CT molecular complexity index is 1080. The third-order valence-electron chi connectivity index (χ3n) is 5.29. The maximum atomic E-state index is 4.99. The summed E-state index contributed by atoms with van der Waals surface area (Å²) < 4.78 is 1.98. The van der Waals surface area contributed by atoms with Gasteiger partial charge in [0.1, 0.15) is 11.5 Å². The number of aromatic nitrogens is 4. The van der Waals surface area contributed by atoms with E-state index in [4.69, 9.17) is 10.1 Å². The zero-order valence-electron chi connectivity index (χ0n) is 15.9. The molecule has 0 atom stereocenters. The first-order chi connectivity index (χ1) is 13.8. The number of pyridine rings is 1. The van der Waals surface area contributed by atoms with Crippen molar-refractivity contribution in [3.8, 4) is 22.5 Å². The van der Waals surface area contributed by atoms with Gasteiger partial charge < -0.3 is 9.80 Å². The van der Waals surface area contributed by atoms with Gasteiger partial charge in [0.25, 0.3) is 0 Å². The van der Waals surface area contributed by atoms with Crippen molar-refractivity contribution >= 4 is 11.5 Å². The highest BCUT2D eigenvalue weighted by Gasteiger charge is 2.20. The number of likely N-dealkylation sites (N-methyl/N-ethyl adjacent to an activating group) is 1. The minimum atomic E-state index is 0.851. The van der Waals surface area contributed by atoms with Crippen LogP contribution in [0.5, 0.6) is 0 Å². The fraction of sp³-hybridized carbons (Fsp3) is 0.227. The van der Waals surface area contributed by atoms with Crippen molar-refractivity contribution in [1.82, 2.24) is 24.5 Å². The van der Waals surface area contributed by atoms with Crippen molar-refractivity contribution in [3.05, 3.63) is 67.0 Å². The van der Waals surface area contributed by atoms with Gasteiger partial charge in [-0.15, -0.1) is 5.10 Å². The number of hydrogen-bond acceptors (Lipinski definition) is 5. The molecule has 4 heterocycles. The monoisotopic (exact) mass is 370 g/mol. The molecule has 1 saturated heterocycles. The molecule has 140 valence electrons. The molecule has 0 amide bonds. The van der Waals surface area contributed by atoms with Crippen LogP contribution in [-0.4, -0.2) is 57.7 Å². The van der Waals surface area contributed by atoms with Gasteiger partial charge in [-0.05, 0) is 31.3 Å². The molecule has 1 fully saturated rings. The number of rotatable bonds is 3. The largest absolute Gasteiger partial charge is 0.353 e. The molecule has 4 aromatic rings. The molecule has 0 saturated carbocycles. The van der Waals surface area contributed by atoms with Gasteiger partial charge in [0.05, 0.1) is 5.69 Å². The van der Waals surface area contributed by atoms with Gasteiger partial charge in [-0.25, -0.2) is 9.50 Å². The molecule has 0 unspecified atom stereocenters. The number of benzene rings is 1. The minimum absolute atomic E-state index is 0.851. The smallest absolute Gasteiger partial charge is 0.155 e. The first-order valence-electron chi connectivity index (χ1n) is 9.59. The summed E-state index contributed by atoms with van der Waals surface area (Å²) in [5.74, 6) is 0.993. The highest BCUT2D eigenvalue weighted by Crippen LogP contribution is 2.32. The van der Waals surface area contributed by atoms with Gasteiger partial charge in [0.15, 0.2) is 5.65 Å². The van der Waals surface area contributed by atoms with Gasteiger partial charge in [0.2, 0.25) is 0 Å². The average molecular weight is 370 g/mol. The fourth-order valence-corrected chi connectivity index (χ4v) is 3.69. The summed E-state index contributed by atoms with van der Waals surface area (Å²) in [5.41, 5.74) is 4.93. The number of fused-ring (bicyclic) bond motifs is 1. The SMILES string of the molecule is CN1CCN(c2ccc3nc(-c4ccccc4)c(-c4ccncc4)n3n2)CC1. The molecule has 1 aliphatic heterocycles. The van der Waals surface area contributed by atoms with Crippen LogP contribution in [0.2, 0.25) is 0 Å². The van der Waals surface area contributed by atoms with E-state index in [0.29, 0.717) is 0 Å². The van der Waals surface area contributed by atoms with E-state index in [1.165, 1.54) is 0 Å². The second kappa shape index (κ2) is 7.05. The number of hydrogen-bond donors (Lipinski definition) is 0. The number of piperazine rings is 1. The number of imidazole rings is 1. The molecule has 28 heavy (non-hydrogen) atoms. The molecule has 0 aliphatic carbocycles. The first-order valence-corrected chi connectivity index (χ1v) is 9.59. The second-order valence-electron chi connectivity index (χ2n) is 7.16. The third kappa shape index (κ3) is 3.01. The lowest BCUT2D eigenvalue weighted by atomic mass is 10.1. The summed E-state index contributed by atoms with van der Waals surface area (Å²) in [6, 6.07) is 18.5. The van der Waals surface area contributed by atoms with Crippen molar-refractivity contribution < 1.29 is 0 Å². The average Bonchev–Trinajstić information content (AvgIpc) is 3.14. The van der Waals surface area contributed by atoms with Gasteiger partial charge in [-0.3, -0.25) is 4.98 Å². The van der Waals surface area contributed by atoms with Crippen molar-refractivity contribution in [2.45, 2.75) is 0 Å². The molecular formula is C22H22N6. The minimum Gasteiger partial charge on any atom is -0.353 e. The molecule has 0 spiro atoms. The Morgan fingerprint density at radius 3 is 2.29 bits per heavy atom. The summed E-state index contributed by atoms with van der Waals surface area (Å²) in [6.07, 6.45) is 3.63. The standard InChI is InChI=1S/C22H22N6/c1-26-13-15-27(16-14-26)20-8-7-19-24-21(17-5-3-2-4-6-17)22(28(19)25-20)18-9-11-23-12-10-18/h2-12H,13-16H2,1H3. The number of nitrogens with zero attached hydrogens (tertiary/aromatic N) is 6. The first kappa shape index (κ1) is 16.9. The van der Waals surface area contributed by atoms with Crippen LogP contribution in [0.3, 0.4) is 0 Å². The van der Waals surface area contributed by atoms with Crippen LogP contribution in [0, 0.1) is 0 Å². The van der Waals surface area contributed by atoms with E-state index in [1.807, 2.05) is 47.2 Å². The van der Waals surface area contributed by atoms with Crippen molar-refractivity contribution in [2.24, 2.45) is 0 Å². The van der Waals surface area contributed by atoms with Gasteiger partial charge in [-0.1, -0.05) is 30.3 Å². The van der Waals surface area contributed by atoms with E-state index in [1.54, 1.807) is 0 Å². The van der Waals surface area contributed by atoms with Gasteiger partial charge >= 0.3 is 0 Å². The van der Waals surface area contributed by atoms with E-state index in [9.17, 15) is 0 Å². The maximum absolute atomic E-state index is 4.99. The van der Waals surface area contributed by atoms with Crippen LogP contribution >= 0.6 is 0 Å². The zero-order valence-corrected chi connectivity index (χ0v) is 15.9. The summed E-state index contributed by atoms with van der Waals surface area (Å²) in [7, 11) is 2.16. The number of anilines is 1. The highest BCUT2D eigenvalue weighted by molar-refractivity contribution is 5.81. The van der Waals surface area contributed by atoms with Crippen LogP contribution in [0.4, 0.5) is 5.82 Å². The van der Waals surface area contributed by atoms with E-state index >= 15 is 0 Å². The van der Waals surface area contributed by atoms with E-state index in [2.05, 4.69) is 46.1 Å². The predicted molar refractivity (Wildman–Crippen MR) is 111 cm³/mol. The summed E-state index contributed by atoms with van der Waals surface area (Å²) in [5, 5.41) is 4.99. The Kier molecular flexibility index (Phi) is 4.25. The zero-order chi connectivity index (χ0) is 18.9. The maximum Gasteiger partial charge on any atom is 0.155 e. The summed E-state index contributed by atoms with van der Waals surface area (Å²) >= 11 is 0. The Morgan fingerprint density at radius 1 is 0.786 bits per heavy atom. The van der Waals surface area contributed by atoms with Crippen LogP contribution < -0.4 is 4.90 Å². The Balaban J connectivity index is 1.68. The molecular weight excluding hydrogens is 348 g/mol. The molecule has 0 radical (unpaired) electrons. The lowest BCUT2D eigenvalue weighted by molar-refractivity contribution is 0.311. The topological polar surface area (TPSA) is 49.6 Å². The molecule has 0 N–H and O–H groups in total. The fourth-order valence-electron chi connectivity index (χ4n) is 3.69. The van der Waals surface area contributed by atoms with E-state index in [-0.39, 0.29) is 0 Å². The lowest BCUT2D eigenvalue weighted by Crippen LogP contribution is -2.44. The summed E-state index contributed by atoms with van der Waals surface area (Å²) in [4.78, 5) is 13.8. The Morgan fingerprint density at radius 2 is 1.54 bits per heavy atom. The molecule has 0 bridgehead atoms. The van der Waals surface area contributed by atoms with Crippen LogP contribution in [0.1, 0.15) is 0 Å². The lowest BCUT2D eigenvalue weighted by Gasteiger charge is -2.33. The Labute approximate surface area is 164 Å².